The van der Waals surface area contributed by atoms with Crippen LogP contribution in [0.2, 0.25) is 0 Å². The minimum Gasteiger partial charge on any atom is -0.378 e. The molecule has 0 spiro atoms. The summed E-state index contributed by atoms with van der Waals surface area (Å²) in [4.78, 5) is 6.63. The Hall–Kier alpha value is -4.95. The Bertz CT molecular complexity index is 1490. The molecular formula is C42H48N2. The number of aliphatic imine (C=N–C) groups is 1. The monoisotopic (exact) mass is 580 g/mol. The first-order valence-electron chi connectivity index (χ1n) is 15.1. The van der Waals surface area contributed by atoms with E-state index < -0.39 is 0 Å². The maximum Gasteiger partial charge on any atom is 0.0574 e. The molecule has 0 aliphatic heterocycles. The first-order valence-corrected chi connectivity index (χ1v) is 15.1. The fourth-order valence-corrected chi connectivity index (χ4v) is 4.45. The lowest BCUT2D eigenvalue weighted by atomic mass is 9.94. The molecule has 1 aliphatic rings. The van der Waals surface area contributed by atoms with Gasteiger partial charge < -0.3 is 4.90 Å². The zero-order chi connectivity index (χ0) is 30.7. The first kappa shape index (κ1) is 35.2. The van der Waals surface area contributed by atoms with E-state index in [0.29, 0.717) is 0 Å². The van der Waals surface area contributed by atoms with E-state index in [1.54, 1.807) is 0 Å². The molecule has 0 N–H and O–H groups in total. The van der Waals surface area contributed by atoms with E-state index in [4.69, 9.17) is 0 Å². The predicted molar refractivity (Wildman–Crippen MR) is 198 cm³/mol. The zero-order valence-electron chi connectivity index (χ0n) is 26.2. The summed E-state index contributed by atoms with van der Waals surface area (Å²) in [5.74, 6) is 0. The Morgan fingerprint density at radius 1 is 0.614 bits per heavy atom. The summed E-state index contributed by atoms with van der Waals surface area (Å²) < 4.78 is 0. The van der Waals surface area contributed by atoms with Crippen molar-refractivity contribution >= 4 is 22.5 Å². The summed E-state index contributed by atoms with van der Waals surface area (Å²) >= 11 is 0. The molecule has 4 aromatic carbocycles. The van der Waals surface area contributed by atoms with Crippen LogP contribution in [0.15, 0.2) is 174 Å². The number of allylic oxidation sites excluding steroid dienone is 9. The van der Waals surface area contributed by atoms with E-state index in [-0.39, 0.29) is 7.43 Å². The van der Waals surface area contributed by atoms with Gasteiger partial charge in [0.05, 0.1) is 5.71 Å². The van der Waals surface area contributed by atoms with Crippen molar-refractivity contribution in [2.75, 3.05) is 25.5 Å². The van der Waals surface area contributed by atoms with Crippen LogP contribution >= 0.6 is 0 Å². The molecule has 0 saturated heterocycles. The van der Waals surface area contributed by atoms with Gasteiger partial charge in [0.2, 0.25) is 0 Å². The van der Waals surface area contributed by atoms with E-state index in [2.05, 4.69) is 158 Å². The van der Waals surface area contributed by atoms with Crippen molar-refractivity contribution in [2.24, 2.45) is 4.99 Å². The fraction of sp³-hybridized carbons (Fsp3) is 0.167. The van der Waals surface area contributed by atoms with Gasteiger partial charge in [-0.05, 0) is 64.6 Å². The molecule has 0 bridgehead atoms. The third-order valence-corrected chi connectivity index (χ3v) is 6.58. The maximum atomic E-state index is 4.51. The van der Waals surface area contributed by atoms with Crippen molar-refractivity contribution in [3.05, 3.63) is 186 Å². The first-order chi connectivity index (χ1) is 21.2. The highest BCUT2D eigenvalue weighted by atomic mass is 15.1. The molecule has 2 nitrogen and oxygen atoms in total. The molecule has 5 rings (SSSR count). The van der Waals surface area contributed by atoms with Crippen molar-refractivity contribution < 1.29 is 0 Å². The van der Waals surface area contributed by atoms with Crippen molar-refractivity contribution in [3.63, 3.8) is 0 Å². The molecule has 0 heterocycles. The highest BCUT2D eigenvalue weighted by molar-refractivity contribution is 6.07. The number of hydrogen-bond acceptors (Lipinski definition) is 2. The van der Waals surface area contributed by atoms with Gasteiger partial charge in [-0.15, -0.1) is 0 Å². The van der Waals surface area contributed by atoms with Gasteiger partial charge in [0, 0.05) is 26.3 Å². The maximum absolute atomic E-state index is 4.51. The molecule has 2 heteroatoms. The SMILES string of the molecule is C.CC.CCN=C1C=CC(=C(C=CC=C(c2ccccc2)c2ccc(N(C)C)cc2)c2ccccc2)C=C1.c1ccccc1. The molecule has 226 valence electrons. The molecule has 4 aromatic rings. The van der Waals surface area contributed by atoms with Gasteiger partial charge in [0.25, 0.3) is 0 Å². The number of rotatable bonds is 7. The van der Waals surface area contributed by atoms with E-state index in [0.717, 1.165) is 12.3 Å². The van der Waals surface area contributed by atoms with Crippen LogP contribution in [0.5, 0.6) is 0 Å². The van der Waals surface area contributed by atoms with Crippen molar-refractivity contribution in [1.82, 2.24) is 0 Å². The summed E-state index contributed by atoms with van der Waals surface area (Å²) in [5, 5.41) is 0. The standard InChI is InChI=1S/C33H32N2.C6H6.C2H6.CH4/c1-4-34-30-22-18-28(19-23-30)32(26-12-7-5-8-13-26)16-11-17-33(27-14-9-6-10-15-27)29-20-24-31(25-21-29)35(2)3;1-2-4-6-5-3-1;1-2;/h5-25H,4H2,1-3H3;1-6H;1-2H3;1H4. The lowest BCUT2D eigenvalue weighted by molar-refractivity contribution is 1.13. The molecule has 0 fully saturated rings. The summed E-state index contributed by atoms with van der Waals surface area (Å²) in [6.07, 6.45) is 15.1. The Balaban J connectivity index is 0.000000661. The molecule has 0 saturated carbocycles. The Labute approximate surface area is 266 Å². The normalized spacial score (nSPS) is 11.9. The number of anilines is 1. The number of hydrogen-bond donors (Lipinski definition) is 0. The second-order valence-electron chi connectivity index (χ2n) is 9.70. The highest BCUT2D eigenvalue weighted by Gasteiger charge is 2.07. The number of nitrogens with zero attached hydrogens (tertiary/aromatic N) is 2. The summed E-state index contributed by atoms with van der Waals surface area (Å²) in [5.41, 5.74) is 9.33. The van der Waals surface area contributed by atoms with Gasteiger partial charge in [0.15, 0.2) is 0 Å². The van der Waals surface area contributed by atoms with E-state index >= 15 is 0 Å². The van der Waals surface area contributed by atoms with Gasteiger partial charge in [-0.25, -0.2) is 0 Å². The van der Waals surface area contributed by atoms with E-state index in [1.165, 1.54) is 39.1 Å². The summed E-state index contributed by atoms with van der Waals surface area (Å²) in [7, 11) is 4.13. The minimum absolute atomic E-state index is 0. The van der Waals surface area contributed by atoms with Gasteiger partial charge in [-0.1, -0.05) is 161 Å². The summed E-state index contributed by atoms with van der Waals surface area (Å²) in [6.45, 7) is 6.85. The Morgan fingerprint density at radius 3 is 1.55 bits per heavy atom. The van der Waals surface area contributed by atoms with Gasteiger partial charge in [-0.2, -0.15) is 0 Å². The van der Waals surface area contributed by atoms with E-state index in [1.807, 2.05) is 50.2 Å². The largest absolute Gasteiger partial charge is 0.378 e. The molecule has 1 aliphatic carbocycles. The second-order valence-corrected chi connectivity index (χ2v) is 9.70. The quantitative estimate of drug-likeness (QED) is 0.199. The average molecular weight is 581 g/mol. The second kappa shape index (κ2) is 20.0. The van der Waals surface area contributed by atoms with Crippen LogP contribution in [0.1, 0.15) is 44.9 Å². The summed E-state index contributed by atoms with van der Waals surface area (Å²) in [6, 6.07) is 41.8. The smallest absolute Gasteiger partial charge is 0.0574 e. The molecular weight excluding hydrogens is 532 g/mol. The molecule has 0 radical (unpaired) electrons. The number of benzene rings is 4. The van der Waals surface area contributed by atoms with Crippen LogP contribution in [0, 0.1) is 0 Å². The van der Waals surface area contributed by atoms with Crippen molar-refractivity contribution in [2.45, 2.75) is 28.2 Å². The van der Waals surface area contributed by atoms with Crippen LogP contribution in [-0.4, -0.2) is 26.4 Å². The molecule has 0 aromatic heterocycles. The highest BCUT2D eigenvalue weighted by Crippen LogP contribution is 2.27. The Morgan fingerprint density at radius 2 is 1.07 bits per heavy atom. The minimum atomic E-state index is 0. The van der Waals surface area contributed by atoms with Gasteiger partial charge in [0.1, 0.15) is 0 Å². The lowest BCUT2D eigenvalue weighted by Gasteiger charge is -2.14. The molecule has 0 unspecified atom stereocenters. The average Bonchev–Trinajstić information content (AvgIpc) is 3.08. The third-order valence-electron chi connectivity index (χ3n) is 6.58. The third kappa shape index (κ3) is 11.0. The zero-order valence-corrected chi connectivity index (χ0v) is 26.2. The van der Waals surface area contributed by atoms with Gasteiger partial charge >= 0.3 is 0 Å². The van der Waals surface area contributed by atoms with E-state index in [9.17, 15) is 0 Å². The van der Waals surface area contributed by atoms with Crippen LogP contribution in [0.4, 0.5) is 5.69 Å². The van der Waals surface area contributed by atoms with Crippen molar-refractivity contribution in [3.8, 4) is 0 Å². The van der Waals surface area contributed by atoms with Crippen LogP contribution in [0.25, 0.3) is 11.1 Å². The lowest BCUT2D eigenvalue weighted by Crippen LogP contribution is -2.08. The van der Waals surface area contributed by atoms with Crippen LogP contribution in [0.3, 0.4) is 0 Å². The van der Waals surface area contributed by atoms with Gasteiger partial charge in [-0.3, -0.25) is 4.99 Å². The molecule has 44 heavy (non-hydrogen) atoms. The van der Waals surface area contributed by atoms with Crippen LogP contribution < -0.4 is 4.90 Å². The predicted octanol–water partition coefficient (Wildman–Crippen LogP) is 11.1. The Kier molecular flexibility index (Phi) is 16.1. The molecule has 0 atom stereocenters. The topological polar surface area (TPSA) is 15.6 Å². The van der Waals surface area contributed by atoms with Crippen molar-refractivity contribution in [1.29, 1.82) is 0 Å². The fourth-order valence-electron chi connectivity index (χ4n) is 4.45. The van der Waals surface area contributed by atoms with Crippen LogP contribution in [-0.2, 0) is 0 Å². The molecule has 0 amide bonds.